The van der Waals surface area contributed by atoms with Crippen molar-refractivity contribution in [1.29, 1.82) is 0 Å². The zero-order valence-corrected chi connectivity index (χ0v) is 13.0. The lowest BCUT2D eigenvalue weighted by atomic mass is 9.87. The Balaban J connectivity index is 2.26. The fraction of sp³-hybridized carbons (Fsp3) is 0.588. The number of carbonyl (C=O) groups is 1. The molecule has 0 atom stereocenters. The molecule has 0 aliphatic rings. The number of carboxylic acid groups (broad SMARTS) is 1. The number of hydrogen-bond acceptors (Lipinski definition) is 2. The lowest BCUT2D eigenvalue weighted by molar-refractivity contribution is -0.147. The van der Waals surface area contributed by atoms with E-state index >= 15 is 0 Å². The Morgan fingerprint density at radius 2 is 1.80 bits per heavy atom. The quantitative estimate of drug-likeness (QED) is 0.714. The summed E-state index contributed by atoms with van der Waals surface area (Å²) in [4.78, 5) is 11.0. The van der Waals surface area contributed by atoms with Crippen LogP contribution in [0.15, 0.2) is 24.3 Å². The molecule has 0 amide bonds. The summed E-state index contributed by atoms with van der Waals surface area (Å²) in [5.41, 5.74) is 0.666. The Bertz CT molecular complexity index is 418. The lowest BCUT2D eigenvalue weighted by Crippen LogP contribution is -2.23. The average molecular weight is 278 g/mol. The van der Waals surface area contributed by atoms with E-state index in [-0.39, 0.29) is 0 Å². The van der Waals surface area contributed by atoms with Crippen molar-refractivity contribution >= 4 is 5.97 Å². The highest BCUT2D eigenvalue weighted by molar-refractivity contribution is 5.73. The van der Waals surface area contributed by atoms with Gasteiger partial charge in [-0.25, -0.2) is 0 Å². The Labute approximate surface area is 122 Å². The third kappa shape index (κ3) is 5.24. The van der Waals surface area contributed by atoms with Gasteiger partial charge in [0, 0.05) is 0 Å². The van der Waals surface area contributed by atoms with Crippen LogP contribution in [-0.4, -0.2) is 17.7 Å². The normalized spacial score (nSPS) is 11.7. The van der Waals surface area contributed by atoms with E-state index in [2.05, 4.69) is 26.0 Å². The predicted octanol–water partition coefficient (Wildman–Crippen LogP) is 4.47. The SMILES string of the molecule is CC(C)c1ccc(OCCCCC(C)(C)C(=O)O)cc1. The molecule has 0 fully saturated rings. The Hall–Kier alpha value is -1.51. The molecule has 0 radical (unpaired) electrons. The van der Waals surface area contributed by atoms with Gasteiger partial charge >= 0.3 is 5.97 Å². The van der Waals surface area contributed by atoms with Gasteiger partial charge in [-0.3, -0.25) is 4.79 Å². The molecule has 0 saturated heterocycles. The number of aliphatic carboxylic acids is 1. The molecule has 3 heteroatoms. The fourth-order valence-corrected chi connectivity index (χ4v) is 1.91. The molecule has 1 aromatic rings. The molecule has 0 aliphatic heterocycles. The summed E-state index contributed by atoms with van der Waals surface area (Å²) in [5.74, 6) is 0.678. The number of unbranched alkanes of at least 4 members (excludes halogenated alkanes) is 1. The molecule has 0 heterocycles. The zero-order chi connectivity index (χ0) is 15.2. The number of hydrogen-bond donors (Lipinski definition) is 1. The molecule has 112 valence electrons. The van der Waals surface area contributed by atoms with Gasteiger partial charge in [0.1, 0.15) is 5.75 Å². The highest BCUT2D eigenvalue weighted by Crippen LogP contribution is 2.23. The van der Waals surface area contributed by atoms with Crippen molar-refractivity contribution in [3.63, 3.8) is 0 Å². The topological polar surface area (TPSA) is 46.5 Å². The second-order valence-electron chi connectivity index (χ2n) is 6.22. The van der Waals surface area contributed by atoms with E-state index in [0.717, 1.165) is 18.6 Å². The second-order valence-corrected chi connectivity index (χ2v) is 6.22. The fourth-order valence-electron chi connectivity index (χ4n) is 1.91. The molecule has 0 bridgehead atoms. The van der Waals surface area contributed by atoms with Gasteiger partial charge in [-0.15, -0.1) is 0 Å². The third-order valence-corrected chi connectivity index (χ3v) is 3.59. The van der Waals surface area contributed by atoms with Crippen LogP contribution in [0, 0.1) is 5.41 Å². The monoisotopic (exact) mass is 278 g/mol. The summed E-state index contributed by atoms with van der Waals surface area (Å²) in [5, 5.41) is 9.02. The lowest BCUT2D eigenvalue weighted by Gasteiger charge is -2.18. The van der Waals surface area contributed by atoms with E-state index in [1.54, 1.807) is 13.8 Å². The summed E-state index contributed by atoms with van der Waals surface area (Å²) in [6.45, 7) is 8.50. The van der Waals surface area contributed by atoms with Crippen molar-refractivity contribution in [2.45, 2.75) is 52.9 Å². The molecule has 0 spiro atoms. The summed E-state index contributed by atoms with van der Waals surface area (Å²) >= 11 is 0. The van der Waals surface area contributed by atoms with Crippen molar-refractivity contribution in [3.8, 4) is 5.75 Å². The van der Waals surface area contributed by atoms with Gasteiger partial charge in [0.25, 0.3) is 0 Å². The van der Waals surface area contributed by atoms with E-state index in [1.165, 1.54) is 5.56 Å². The van der Waals surface area contributed by atoms with Crippen molar-refractivity contribution in [3.05, 3.63) is 29.8 Å². The maximum Gasteiger partial charge on any atom is 0.309 e. The molecule has 1 rings (SSSR count). The molecule has 0 aliphatic carbocycles. The van der Waals surface area contributed by atoms with Gasteiger partial charge in [-0.2, -0.15) is 0 Å². The first kappa shape index (κ1) is 16.5. The van der Waals surface area contributed by atoms with Gasteiger partial charge in [-0.05, 0) is 56.7 Å². The minimum absolute atomic E-state index is 0.530. The van der Waals surface area contributed by atoms with Crippen molar-refractivity contribution in [2.24, 2.45) is 5.41 Å². The third-order valence-electron chi connectivity index (χ3n) is 3.59. The summed E-state index contributed by atoms with van der Waals surface area (Å²) in [7, 11) is 0. The zero-order valence-electron chi connectivity index (χ0n) is 13.0. The largest absolute Gasteiger partial charge is 0.494 e. The van der Waals surface area contributed by atoms with Crippen LogP contribution in [0.4, 0.5) is 0 Å². The number of rotatable bonds is 8. The van der Waals surface area contributed by atoms with E-state index in [0.29, 0.717) is 18.9 Å². The Morgan fingerprint density at radius 1 is 1.20 bits per heavy atom. The van der Waals surface area contributed by atoms with Crippen LogP contribution in [0.1, 0.15) is 58.4 Å². The second kappa shape index (κ2) is 7.32. The van der Waals surface area contributed by atoms with Crippen LogP contribution in [0.25, 0.3) is 0 Å². The van der Waals surface area contributed by atoms with Gasteiger partial charge < -0.3 is 9.84 Å². The number of benzene rings is 1. The van der Waals surface area contributed by atoms with Gasteiger partial charge in [0.2, 0.25) is 0 Å². The van der Waals surface area contributed by atoms with Crippen molar-refractivity contribution in [2.75, 3.05) is 6.61 Å². The summed E-state index contributed by atoms with van der Waals surface area (Å²) in [6.07, 6.45) is 2.42. The van der Waals surface area contributed by atoms with Crippen LogP contribution in [0.2, 0.25) is 0 Å². The first-order valence-electron chi connectivity index (χ1n) is 7.29. The van der Waals surface area contributed by atoms with Crippen LogP contribution in [0.5, 0.6) is 5.75 Å². The Kier molecular flexibility index (Phi) is 6.05. The maximum absolute atomic E-state index is 11.0. The van der Waals surface area contributed by atoms with Gasteiger partial charge in [0.15, 0.2) is 0 Å². The average Bonchev–Trinajstić information content (AvgIpc) is 2.38. The van der Waals surface area contributed by atoms with Crippen LogP contribution < -0.4 is 4.74 Å². The van der Waals surface area contributed by atoms with E-state index in [1.807, 2.05) is 12.1 Å². The molecule has 0 saturated carbocycles. The number of carboxylic acids is 1. The van der Waals surface area contributed by atoms with Crippen molar-refractivity contribution in [1.82, 2.24) is 0 Å². The standard InChI is InChI=1S/C17H26O3/c1-13(2)14-7-9-15(10-8-14)20-12-6-5-11-17(3,4)16(18)19/h7-10,13H,5-6,11-12H2,1-4H3,(H,18,19). The summed E-state index contributed by atoms with van der Waals surface area (Å²) in [6, 6.07) is 8.17. The maximum atomic E-state index is 11.0. The molecular formula is C17H26O3. The summed E-state index contributed by atoms with van der Waals surface area (Å²) < 4.78 is 5.67. The number of ether oxygens (including phenoxy) is 1. The first-order valence-corrected chi connectivity index (χ1v) is 7.29. The van der Waals surface area contributed by atoms with Crippen LogP contribution in [-0.2, 0) is 4.79 Å². The Morgan fingerprint density at radius 3 is 2.30 bits per heavy atom. The van der Waals surface area contributed by atoms with E-state index in [4.69, 9.17) is 9.84 Å². The molecule has 1 N–H and O–H groups in total. The van der Waals surface area contributed by atoms with E-state index < -0.39 is 11.4 Å². The van der Waals surface area contributed by atoms with Crippen LogP contribution >= 0.6 is 0 Å². The molecular weight excluding hydrogens is 252 g/mol. The molecule has 3 nitrogen and oxygen atoms in total. The van der Waals surface area contributed by atoms with Crippen molar-refractivity contribution < 1.29 is 14.6 Å². The first-order chi connectivity index (χ1) is 9.33. The predicted molar refractivity (Wildman–Crippen MR) is 81.3 cm³/mol. The molecule has 20 heavy (non-hydrogen) atoms. The minimum atomic E-state index is -0.734. The molecule has 0 aromatic heterocycles. The minimum Gasteiger partial charge on any atom is -0.494 e. The highest BCUT2D eigenvalue weighted by atomic mass is 16.5. The highest BCUT2D eigenvalue weighted by Gasteiger charge is 2.25. The van der Waals surface area contributed by atoms with Gasteiger partial charge in [-0.1, -0.05) is 26.0 Å². The van der Waals surface area contributed by atoms with E-state index in [9.17, 15) is 4.79 Å². The van der Waals surface area contributed by atoms with Gasteiger partial charge in [0.05, 0.1) is 12.0 Å². The smallest absolute Gasteiger partial charge is 0.309 e. The molecule has 1 aromatic carbocycles. The molecule has 0 unspecified atom stereocenters. The van der Waals surface area contributed by atoms with Crippen LogP contribution in [0.3, 0.4) is 0 Å².